The summed E-state index contributed by atoms with van der Waals surface area (Å²) >= 11 is 0. The zero-order chi connectivity index (χ0) is 14.2. The number of ether oxygens (including phenoxy) is 2. The minimum Gasteiger partial charge on any atom is -0.454 e. The largest absolute Gasteiger partial charge is 0.454 e. The first-order valence-corrected chi connectivity index (χ1v) is 7.35. The average molecular weight is 295 g/mol. The highest BCUT2D eigenvalue weighted by atomic mass is 32.2. The van der Waals surface area contributed by atoms with Crippen LogP contribution in [-0.4, -0.2) is 36.8 Å². The van der Waals surface area contributed by atoms with Crippen LogP contribution in [-0.2, 0) is 16.6 Å². The number of benzene rings is 1. The molecule has 0 atom stereocenters. The maximum Gasteiger partial charge on any atom is 0.246 e. The van der Waals surface area contributed by atoms with E-state index in [4.69, 9.17) is 9.47 Å². The number of aromatic nitrogens is 2. The summed E-state index contributed by atoms with van der Waals surface area (Å²) in [5.41, 5.74) is 0.823. The summed E-state index contributed by atoms with van der Waals surface area (Å²) in [4.78, 5) is 0.140. The van der Waals surface area contributed by atoms with Gasteiger partial charge in [-0.1, -0.05) is 6.07 Å². The molecule has 0 saturated carbocycles. The fourth-order valence-corrected chi connectivity index (χ4v) is 3.01. The van der Waals surface area contributed by atoms with Gasteiger partial charge in [0.25, 0.3) is 0 Å². The number of aromatic amines is 1. The van der Waals surface area contributed by atoms with Crippen molar-refractivity contribution < 1.29 is 17.9 Å². The van der Waals surface area contributed by atoms with Crippen LogP contribution in [0.4, 0.5) is 0 Å². The van der Waals surface area contributed by atoms with E-state index in [1.807, 2.05) is 6.07 Å². The molecule has 7 nitrogen and oxygen atoms in total. The van der Waals surface area contributed by atoms with Crippen LogP contribution in [0.25, 0.3) is 0 Å². The predicted octanol–water partition coefficient (Wildman–Crippen LogP) is 0.959. The molecule has 1 N–H and O–H groups in total. The summed E-state index contributed by atoms with van der Waals surface area (Å²) in [6.45, 7) is 0.437. The zero-order valence-corrected chi connectivity index (χ0v) is 11.6. The molecule has 0 amide bonds. The first-order chi connectivity index (χ1) is 9.57. The molecule has 0 radical (unpaired) electrons. The molecule has 2 heterocycles. The minimum atomic E-state index is -3.54. The van der Waals surface area contributed by atoms with E-state index < -0.39 is 10.0 Å². The van der Waals surface area contributed by atoms with Crippen molar-refractivity contribution in [1.29, 1.82) is 0 Å². The molecule has 3 rings (SSSR count). The zero-order valence-electron chi connectivity index (χ0n) is 10.7. The molecule has 1 aromatic carbocycles. The second-order valence-electron chi connectivity index (χ2n) is 4.38. The Kier molecular flexibility index (Phi) is 3.11. The lowest BCUT2D eigenvalue weighted by atomic mass is 10.2. The van der Waals surface area contributed by atoms with Gasteiger partial charge in [0, 0.05) is 19.8 Å². The van der Waals surface area contributed by atoms with E-state index in [9.17, 15) is 8.42 Å². The van der Waals surface area contributed by atoms with Crippen LogP contribution in [0.5, 0.6) is 11.5 Å². The number of hydrogen-bond donors (Lipinski definition) is 1. The SMILES string of the molecule is CN(Cc1ccc2c(c1)OCO2)S(=O)(=O)c1cn[nH]c1. The molecule has 8 heteroatoms. The fraction of sp³-hybridized carbons (Fsp3) is 0.250. The highest BCUT2D eigenvalue weighted by Crippen LogP contribution is 2.33. The van der Waals surface area contributed by atoms with Gasteiger partial charge in [-0.3, -0.25) is 5.10 Å². The number of rotatable bonds is 4. The van der Waals surface area contributed by atoms with Crippen molar-refractivity contribution in [2.45, 2.75) is 11.4 Å². The summed E-state index contributed by atoms with van der Waals surface area (Å²) < 4.78 is 36.2. The molecule has 106 valence electrons. The number of nitrogens with one attached hydrogen (secondary N) is 1. The Bertz CT molecular complexity index is 712. The molecule has 20 heavy (non-hydrogen) atoms. The summed E-state index contributed by atoms with van der Waals surface area (Å²) in [7, 11) is -2.02. The van der Waals surface area contributed by atoms with Gasteiger partial charge in [-0.05, 0) is 17.7 Å². The summed E-state index contributed by atoms with van der Waals surface area (Å²) in [6.07, 6.45) is 2.64. The van der Waals surface area contributed by atoms with Crippen LogP contribution in [0.1, 0.15) is 5.56 Å². The van der Waals surface area contributed by atoms with E-state index >= 15 is 0 Å². The van der Waals surface area contributed by atoms with Gasteiger partial charge in [-0.25, -0.2) is 8.42 Å². The molecule has 0 unspecified atom stereocenters. The lowest BCUT2D eigenvalue weighted by molar-refractivity contribution is 0.174. The monoisotopic (exact) mass is 295 g/mol. The van der Waals surface area contributed by atoms with Crippen LogP contribution in [0.3, 0.4) is 0 Å². The third kappa shape index (κ3) is 2.23. The Hall–Kier alpha value is -2.06. The molecular weight excluding hydrogens is 282 g/mol. The van der Waals surface area contributed by atoms with Crippen molar-refractivity contribution >= 4 is 10.0 Å². The van der Waals surface area contributed by atoms with E-state index in [2.05, 4.69) is 10.2 Å². The number of fused-ring (bicyclic) bond motifs is 1. The molecule has 0 spiro atoms. The molecule has 1 aliphatic heterocycles. The van der Waals surface area contributed by atoms with Crippen molar-refractivity contribution in [3.8, 4) is 11.5 Å². The van der Waals surface area contributed by atoms with E-state index in [1.165, 1.54) is 23.7 Å². The Morgan fingerprint density at radius 1 is 1.35 bits per heavy atom. The summed E-state index contributed by atoms with van der Waals surface area (Å²) in [5.74, 6) is 1.31. The topological polar surface area (TPSA) is 84.5 Å². The van der Waals surface area contributed by atoms with Crippen molar-refractivity contribution in [3.63, 3.8) is 0 Å². The van der Waals surface area contributed by atoms with Gasteiger partial charge in [0.05, 0.1) is 6.20 Å². The normalized spacial score (nSPS) is 13.9. The van der Waals surface area contributed by atoms with Gasteiger partial charge in [0.2, 0.25) is 16.8 Å². The summed E-state index contributed by atoms with van der Waals surface area (Å²) in [5, 5.41) is 6.15. The Morgan fingerprint density at radius 2 is 2.15 bits per heavy atom. The standard InChI is InChI=1S/C12H13N3O4S/c1-15(20(16,17)10-5-13-14-6-10)7-9-2-3-11-12(4-9)19-8-18-11/h2-6H,7-8H2,1H3,(H,13,14). The Morgan fingerprint density at radius 3 is 2.90 bits per heavy atom. The van der Waals surface area contributed by atoms with E-state index in [0.717, 1.165) is 5.56 Å². The highest BCUT2D eigenvalue weighted by Gasteiger charge is 2.22. The first kappa shape index (κ1) is 12.9. The number of nitrogens with zero attached hydrogens (tertiary/aromatic N) is 2. The van der Waals surface area contributed by atoms with Crippen LogP contribution in [0.2, 0.25) is 0 Å². The molecule has 0 aliphatic carbocycles. The molecule has 0 fully saturated rings. The minimum absolute atomic E-state index is 0.140. The van der Waals surface area contributed by atoms with Crippen molar-refractivity contribution in [2.24, 2.45) is 0 Å². The van der Waals surface area contributed by atoms with E-state index in [1.54, 1.807) is 12.1 Å². The van der Waals surface area contributed by atoms with Crippen LogP contribution in [0, 0.1) is 0 Å². The molecule has 1 aliphatic rings. The van der Waals surface area contributed by atoms with Gasteiger partial charge in [0.15, 0.2) is 11.5 Å². The molecular formula is C12H13N3O4S. The smallest absolute Gasteiger partial charge is 0.246 e. The average Bonchev–Trinajstić information content (AvgIpc) is 3.09. The molecule has 2 aromatic rings. The molecule has 0 saturated heterocycles. The lowest BCUT2D eigenvalue weighted by Crippen LogP contribution is -2.26. The quantitative estimate of drug-likeness (QED) is 0.908. The highest BCUT2D eigenvalue weighted by molar-refractivity contribution is 7.89. The van der Waals surface area contributed by atoms with Gasteiger partial charge < -0.3 is 9.47 Å². The second-order valence-corrected chi connectivity index (χ2v) is 6.43. The Balaban J connectivity index is 1.81. The van der Waals surface area contributed by atoms with Crippen molar-refractivity contribution in [3.05, 3.63) is 36.2 Å². The van der Waals surface area contributed by atoms with Gasteiger partial charge in [-0.15, -0.1) is 0 Å². The number of sulfonamides is 1. The third-order valence-electron chi connectivity index (χ3n) is 3.02. The number of hydrogen-bond acceptors (Lipinski definition) is 5. The van der Waals surface area contributed by atoms with Gasteiger partial charge in [-0.2, -0.15) is 9.40 Å². The predicted molar refractivity (Wildman–Crippen MR) is 69.8 cm³/mol. The molecule has 1 aromatic heterocycles. The Labute approximate surface area is 116 Å². The maximum absolute atomic E-state index is 12.2. The van der Waals surface area contributed by atoms with Crippen LogP contribution >= 0.6 is 0 Å². The van der Waals surface area contributed by atoms with E-state index in [-0.39, 0.29) is 18.2 Å². The lowest BCUT2D eigenvalue weighted by Gasteiger charge is -2.16. The van der Waals surface area contributed by atoms with Crippen LogP contribution in [0.15, 0.2) is 35.5 Å². The van der Waals surface area contributed by atoms with E-state index in [0.29, 0.717) is 11.5 Å². The third-order valence-corrected chi connectivity index (χ3v) is 4.79. The van der Waals surface area contributed by atoms with Crippen LogP contribution < -0.4 is 9.47 Å². The van der Waals surface area contributed by atoms with Gasteiger partial charge in [0.1, 0.15) is 4.90 Å². The first-order valence-electron chi connectivity index (χ1n) is 5.91. The fourth-order valence-electron chi connectivity index (χ4n) is 1.94. The summed E-state index contributed by atoms with van der Waals surface area (Å²) in [6, 6.07) is 5.37. The second kappa shape index (κ2) is 4.80. The van der Waals surface area contributed by atoms with Crippen molar-refractivity contribution in [1.82, 2.24) is 14.5 Å². The molecule has 0 bridgehead atoms. The number of H-pyrrole nitrogens is 1. The van der Waals surface area contributed by atoms with Gasteiger partial charge >= 0.3 is 0 Å². The maximum atomic E-state index is 12.2. The van der Waals surface area contributed by atoms with Crippen molar-refractivity contribution in [2.75, 3.05) is 13.8 Å².